The van der Waals surface area contributed by atoms with Crippen molar-refractivity contribution in [3.8, 4) is 0 Å². The predicted molar refractivity (Wildman–Crippen MR) is 84.7 cm³/mol. The number of nitrogens with one attached hydrogen (secondary N) is 1. The minimum Gasteiger partial charge on any atom is -0.353 e. The van der Waals surface area contributed by atoms with Gasteiger partial charge in [0.15, 0.2) is 9.84 Å². The van der Waals surface area contributed by atoms with Gasteiger partial charge in [-0.25, -0.2) is 8.42 Å². The lowest BCUT2D eigenvalue weighted by Gasteiger charge is -2.19. The summed E-state index contributed by atoms with van der Waals surface area (Å²) in [5, 5.41) is 3.43. The Hall–Kier alpha value is -0.810. The summed E-state index contributed by atoms with van der Waals surface area (Å²) < 4.78 is 25.5. The van der Waals surface area contributed by atoms with E-state index in [1.807, 2.05) is 10.8 Å². The molecule has 0 spiro atoms. The van der Waals surface area contributed by atoms with Gasteiger partial charge in [-0.1, -0.05) is 13.8 Å². The zero-order valence-electron chi connectivity index (χ0n) is 13.3. The van der Waals surface area contributed by atoms with Gasteiger partial charge in [-0.15, -0.1) is 0 Å². The molecule has 1 unspecified atom stereocenters. The van der Waals surface area contributed by atoms with Gasteiger partial charge >= 0.3 is 0 Å². The SMILES string of the molecule is CCNC(CC)c1ccn(CCS(=O)(=O)C(C)(C)C)c1. The maximum Gasteiger partial charge on any atom is 0.156 e. The van der Waals surface area contributed by atoms with Crippen LogP contribution in [0.3, 0.4) is 0 Å². The van der Waals surface area contributed by atoms with Gasteiger partial charge in [-0.2, -0.15) is 0 Å². The van der Waals surface area contributed by atoms with E-state index in [4.69, 9.17) is 0 Å². The Labute approximate surface area is 123 Å². The first-order valence-corrected chi connectivity index (χ1v) is 8.98. The summed E-state index contributed by atoms with van der Waals surface area (Å²) in [5.74, 6) is 0.183. The first-order valence-electron chi connectivity index (χ1n) is 7.32. The molecule has 0 saturated carbocycles. The van der Waals surface area contributed by atoms with E-state index in [9.17, 15) is 8.42 Å². The molecule has 1 atom stereocenters. The fourth-order valence-electron chi connectivity index (χ4n) is 2.08. The second-order valence-electron chi connectivity index (χ2n) is 6.13. The maximum atomic E-state index is 12.1. The van der Waals surface area contributed by atoms with Crippen molar-refractivity contribution >= 4 is 9.84 Å². The Balaban J connectivity index is 2.70. The second-order valence-corrected chi connectivity index (χ2v) is 8.99. The van der Waals surface area contributed by atoms with Crippen molar-refractivity contribution < 1.29 is 8.42 Å². The molecular formula is C15H28N2O2S. The molecule has 1 heterocycles. The molecule has 0 aliphatic rings. The molecule has 5 heteroatoms. The minimum absolute atomic E-state index is 0.183. The summed E-state index contributed by atoms with van der Waals surface area (Å²) in [6, 6.07) is 2.42. The first kappa shape index (κ1) is 17.2. The third kappa shape index (κ3) is 4.35. The first-order chi connectivity index (χ1) is 9.21. The lowest BCUT2D eigenvalue weighted by atomic mass is 10.1. The van der Waals surface area contributed by atoms with E-state index in [-0.39, 0.29) is 5.75 Å². The zero-order chi connectivity index (χ0) is 15.4. The summed E-state index contributed by atoms with van der Waals surface area (Å²) in [6.07, 6.45) is 5.04. The van der Waals surface area contributed by atoms with Gasteiger partial charge in [-0.05, 0) is 45.4 Å². The largest absolute Gasteiger partial charge is 0.353 e. The standard InChI is InChI=1S/C15H28N2O2S/c1-6-14(16-7-2)13-8-9-17(12-13)10-11-20(18,19)15(3,4)5/h8-9,12,14,16H,6-7,10-11H2,1-5H3. The fourth-order valence-corrected chi connectivity index (χ4v) is 3.14. The smallest absolute Gasteiger partial charge is 0.156 e. The number of sulfone groups is 1. The summed E-state index contributed by atoms with van der Waals surface area (Å²) in [6.45, 7) is 10.9. The molecule has 1 rings (SSSR count). The van der Waals surface area contributed by atoms with Gasteiger partial charge in [0, 0.05) is 25.0 Å². The van der Waals surface area contributed by atoms with Crippen molar-refractivity contribution in [2.24, 2.45) is 0 Å². The molecule has 4 nitrogen and oxygen atoms in total. The van der Waals surface area contributed by atoms with Gasteiger partial charge in [0.2, 0.25) is 0 Å². The van der Waals surface area contributed by atoms with E-state index in [0.717, 1.165) is 13.0 Å². The fraction of sp³-hybridized carbons (Fsp3) is 0.733. The van der Waals surface area contributed by atoms with Gasteiger partial charge < -0.3 is 9.88 Å². The summed E-state index contributed by atoms with van der Waals surface area (Å²) >= 11 is 0. The Bertz CT molecular complexity index is 512. The van der Waals surface area contributed by atoms with Crippen LogP contribution in [0.15, 0.2) is 18.5 Å². The number of aryl methyl sites for hydroxylation is 1. The summed E-state index contributed by atoms with van der Waals surface area (Å²) in [4.78, 5) is 0. The number of aromatic nitrogens is 1. The highest BCUT2D eigenvalue weighted by atomic mass is 32.2. The number of hydrogen-bond donors (Lipinski definition) is 1. The molecule has 0 aromatic carbocycles. The van der Waals surface area contributed by atoms with E-state index >= 15 is 0 Å². The van der Waals surface area contributed by atoms with Crippen molar-refractivity contribution in [1.82, 2.24) is 9.88 Å². The molecule has 1 aromatic heterocycles. The Morgan fingerprint density at radius 2 is 1.95 bits per heavy atom. The van der Waals surface area contributed by atoms with Crippen LogP contribution >= 0.6 is 0 Å². The average molecular weight is 300 g/mol. The van der Waals surface area contributed by atoms with Gasteiger partial charge in [0.05, 0.1) is 10.5 Å². The highest BCUT2D eigenvalue weighted by Crippen LogP contribution is 2.19. The Morgan fingerprint density at radius 3 is 2.45 bits per heavy atom. The monoisotopic (exact) mass is 300 g/mol. The lowest BCUT2D eigenvalue weighted by Crippen LogP contribution is -2.31. The highest BCUT2D eigenvalue weighted by Gasteiger charge is 2.28. The molecule has 20 heavy (non-hydrogen) atoms. The van der Waals surface area contributed by atoms with Crippen LogP contribution in [0.2, 0.25) is 0 Å². The molecule has 0 bridgehead atoms. The van der Waals surface area contributed by atoms with E-state index < -0.39 is 14.6 Å². The predicted octanol–water partition coefficient (Wildman–Crippen LogP) is 2.76. The Kier molecular flexibility index (Phi) is 5.83. The van der Waals surface area contributed by atoms with Crippen LogP contribution in [0, 0.1) is 0 Å². The van der Waals surface area contributed by atoms with Crippen LogP contribution in [0.25, 0.3) is 0 Å². The van der Waals surface area contributed by atoms with Crippen LogP contribution in [-0.4, -0.2) is 30.0 Å². The van der Waals surface area contributed by atoms with E-state index in [0.29, 0.717) is 12.6 Å². The number of nitrogens with zero attached hydrogens (tertiary/aromatic N) is 1. The third-order valence-electron chi connectivity index (χ3n) is 3.59. The lowest BCUT2D eigenvalue weighted by molar-refractivity contribution is 0.535. The van der Waals surface area contributed by atoms with E-state index in [1.165, 1.54) is 5.56 Å². The van der Waals surface area contributed by atoms with E-state index in [2.05, 4.69) is 31.4 Å². The molecule has 0 aliphatic carbocycles. The van der Waals surface area contributed by atoms with Crippen LogP contribution in [-0.2, 0) is 16.4 Å². The molecule has 0 radical (unpaired) electrons. The van der Waals surface area contributed by atoms with Gasteiger partial charge in [-0.3, -0.25) is 0 Å². The highest BCUT2D eigenvalue weighted by molar-refractivity contribution is 7.92. The van der Waals surface area contributed by atoms with Crippen LogP contribution in [0.5, 0.6) is 0 Å². The summed E-state index contributed by atoms with van der Waals surface area (Å²) in [5.41, 5.74) is 1.22. The molecule has 1 aromatic rings. The second kappa shape index (κ2) is 6.76. The van der Waals surface area contributed by atoms with Crippen LogP contribution in [0.1, 0.15) is 52.6 Å². The van der Waals surface area contributed by atoms with Crippen molar-refractivity contribution in [3.05, 3.63) is 24.0 Å². The zero-order valence-corrected chi connectivity index (χ0v) is 14.1. The number of rotatable bonds is 7. The van der Waals surface area contributed by atoms with Gasteiger partial charge in [0.1, 0.15) is 0 Å². The molecular weight excluding hydrogens is 272 g/mol. The molecule has 0 aliphatic heterocycles. The quantitative estimate of drug-likeness (QED) is 0.842. The maximum absolute atomic E-state index is 12.1. The van der Waals surface area contributed by atoms with Crippen molar-refractivity contribution in [2.75, 3.05) is 12.3 Å². The van der Waals surface area contributed by atoms with Crippen molar-refractivity contribution in [2.45, 2.75) is 58.4 Å². The topological polar surface area (TPSA) is 51.1 Å². The molecule has 116 valence electrons. The van der Waals surface area contributed by atoms with Crippen LogP contribution < -0.4 is 5.32 Å². The third-order valence-corrected chi connectivity index (χ3v) is 6.17. The van der Waals surface area contributed by atoms with Gasteiger partial charge in [0.25, 0.3) is 0 Å². The van der Waals surface area contributed by atoms with Crippen molar-refractivity contribution in [1.29, 1.82) is 0 Å². The molecule has 0 fully saturated rings. The Morgan fingerprint density at radius 1 is 1.30 bits per heavy atom. The molecule has 1 N–H and O–H groups in total. The van der Waals surface area contributed by atoms with E-state index in [1.54, 1.807) is 20.8 Å². The minimum atomic E-state index is -3.06. The summed E-state index contributed by atoms with van der Waals surface area (Å²) in [7, 11) is -3.06. The number of hydrogen-bond acceptors (Lipinski definition) is 3. The molecule has 0 saturated heterocycles. The average Bonchev–Trinajstić information content (AvgIpc) is 2.81. The van der Waals surface area contributed by atoms with Crippen LogP contribution in [0.4, 0.5) is 0 Å². The normalized spacial score (nSPS) is 14.4. The molecule has 0 amide bonds. The van der Waals surface area contributed by atoms with Crippen molar-refractivity contribution in [3.63, 3.8) is 0 Å².